The van der Waals surface area contributed by atoms with Crippen LogP contribution in [0.5, 0.6) is 0 Å². The summed E-state index contributed by atoms with van der Waals surface area (Å²) in [5.41, 5.74) is 0. The van der Waals surface area contributed by atoms with Crippen molar-refractivity contribution in [3.05, 3.63) is 0 Å². The number of carbonyl (C=O) groups is 1. The highest BCUT2D eigenvalue weighted by molar-refractivity contribution is 7.83. The predicted octanol–water partition coefficient (Wildman–Crippen LogP) is -1.83. The Balaban J connectivity index is 0. The van der Waals surface area contributed by atoms with Gasteiger partial charge in [0.25, 0.3) is 0 Å². The van der Waals surface area contributed by atoms with Crippen LogP contribution in [0.1, 0.15) is 0 Å². The summed E-state index contributed by atoms with van der Waals surface area (Å²) >= 11 is 0. The molecule has 0 fully saturated rings. The normalized spacial score (nSPS) is 11.1. The fourth-order valence-electron chi connectivity index (χ4n) is 0.0702. The van der Waals surface area contributed by atoms with Gasteiger partial charge >= 0.3 is 27.3 Å². The third kappa shape index (κ3) is 22.5. The minimum atomic E-state index is -5.02. The lowest BCUT2D eigenvalue weighted by Crippen LogP contribution is -2.10. The fraction of sp³-hybridized carbons (Fsp3) is 0. The van der Waals surface area contributed by atoms with Gasteiger partial charge in [-0.05, 0) is 0 Å². The molecule has 0 aliphatic carbocycles. The van der Waals surface area contributed by atoms with Crippen molar-refractivity contribution in [1.29, 1.82) is 0 Å². The predicted molar refractivity (Wildman–Crippen MR) is 35.0 cm³/mol. The number of carbonyl (C=O) groups excluding carboxylic acids is 1. The lowest BCUT2D eigenvalue weighted by atomic mass is 11.7. The standard InChI is InChI=1S/CH2O3.H2O8S2/c2-1-4-3;1-9(2,3)7-8-10(4,5)6/h1,3H;(H,1,2,3)(H,4,5,6). The van der Waals surface area contributed by atoms with E-state index in [-0.39, 0.29) is 6.47 Å². The van der Waals surface area contributed by atoms with Gasteiger partial charge in [0.1, 0.15) is 0 Å². The first-order valence-corrected chi connectivity index (χ1v) is 4.92. The Morgan fingerprint density at radius 3 is 1.21 bits per heavy atom. The second-order valence-corrected chi connectivity index (χ2v) is 3.18. The summed E-state index contributed by atoms with van der Waals surface area (Å²) in [5, 5.41) is 7.01. The van der Waals surface area contributed by atoms with Gasteiger partial charge < -0.3 is 4.89 Å². The molecule has 0 atom stereocenters. The van der Waals surface area contributed by atoms with E-state index in [2.05, 4.69) is 13.6 Å². The number of hydrogen-bond donors (Lipinski definition) is 3. The molecule has 0 aliphatic heterocycles. The maximum absolute atomic E-state index is 9.51. The van der Waals surface area contributed by atoms with Crippen LogP contribution in [-0.2, 0) is 39.1 Å². The van der Waals surface area contributed by atoms with Gasteiger partial charge in [0.15, 0.2) is 0 Å². The average Bonchev–Trinajstić information content (AvgIpc) is 1.99. The quantitative estimate of drug-likeness (QED) is 0.223. The summed E-state index contributed by atoms with van der Waals surface area (Å²) in [6, 6.07) is 0. The second kappa shape index (κ2) is 6.60. The third-order valence-electron chi connectivity index (χ3n) is 0.243. The SMILES string of the molecule is O=COO.O=S(=O)(O)OOS(=O)(=O)O. The van der Waals surface area contributed by atoms with E-state index in [0.29, 0.717) is 0 Å². The summed E-state index contributed by atoms with van der Waals surface area (Å²) < 4.78 is 58.9. The largest absolute Gasteiger partial charge is 0.425 e. The van der Waals surface area contributed by atoms with E-state index >= 15 is 0 Å². The molecule has 0 spiro atoms. The Labute approximate surface area is 77.6 Å². The Bertz CT molecular complexity index is 299. The van der Waals surface area contributed by atoms with E-state index in [9.17, 15) is 16.8 Å². The molecule has 0 aromatic carbocycles. The molecular formula is CH4O11S2. The van der Waals surface area contributed by atoms with Crippen LogP contribution >= 0.6 is 0 Å². The summed E-state index contributed by atoms with van der Waals surface area (Å²) in [7, 11) is -10.0. The molecule has 0 saturated heterocycles. The first kappa shape index (κ1) is 15.6. The maximum atomic E-state index is 9.51. The van der Waals surface area contributed by atoms with E-state index in [1.54, 1.807) is 0 Å². The van der Waals surface area contributed by atoms with Crippen LogP contribution < -0.4 is 0 Å². The Morgan fingerprint density at radius 2 is 1.14 bits per heavy atom. The molecule has 0 amide bonds. The maximum Gasteiger partial charge on any atom is 0.425 e. The van der Waals surface area contributed by atoms with Crippen molar-refractivity contribution in [1.82, 2.24) is 0 Å². The summed E-state index contributed by atoms with van der Waals surface area (Å²) in [6.45, 7) is -0.0694. The molecular weight excluding hydrogens is 252 g/mol. The van der Waals surface area contributed by atoms with Gasteiger partial charge in [-0.15, -0.1) is 0 Å². The smallest absolute Gasteiger partial charge is 0.304 e. The Kier molecular flexibility index (Phi) is 7.37. The highest BCUT2D eigenvalue weighted by Crippen LogP contribution is 1.92. The van der Waals surface area contributed by atoms with E-state index in [4.69, 9.17) is 19.2 Å². The molecule has 86 valence electrons. The van der Waals surface area contributed by atoms with Gasteiger partial charge in [0.2, 0.25) is 0 Å². The molecule has 11 nitrogen and oxygen atoms in total. The zero-order valence-corrected chi connectivity index (χ0v) is 7.63. The molecule has 14 heavy (non-hydrogen) atoms. The fourth-order valence-corrected chi connectivity index (χ4v) is 0.632. The number of hydrogen-bond acceptors (Lipinski definition) is 9. The van der Waals surface area contributed by atoms with Gasteiger partial charge in [0.05, 0.1) is 0 Å². The topological polar surface area (TPSA) is 174 Å². The van der Waals surface area contributed by atoms with E-state index in [1.807, 2.05) is 0 Å². The molecule has 0 rings (SSSR count). The van der Waals surface area contributed by atoms with Crippen LogP contribution in [0.3, 0.4) is 0 Å². The molecule has 0 aromatic rings. The third-order valence-corrected chi connectivity index (χ3v) is 0.809. The molecule has 0 aromatic heterocycles. The van der Waals surface area contributed by atoms with Gasteiger partial charge in [-0.2, -0.15) is 16.8 Å². The lowest BCUT2D eigenvalue weighted by molar-refractivity contribution is -0.217. The Hall–Kier alpha value is -0.830. The Morgan fingerprint density at radius 1 is 0.929 bits per heavy atom. The minimum absolute atomic E-state index is 0.0694. The van der Waals surface area contributed by atoms with Crippen molar-refractivity contribution in [2.75, 3.05) is 0 Å². The summed E-state index contributed by atoms with van der Waals surface area (Å²) in [4.78, 5) is 11.6. The van der Waals surface area contributed by atoms with Crippen LogP contribution in [-0.4, -0.2) is 37.7 Å². The zero-order chi connectivity index (χ0) is 11.8. The van der Waals surface area contributed by atoms with E-state index in [1.165, 1.54) is 0 Å². The van der Waals surface area contributed by atoms with Crippen molar-refractivity contribution < 1.29 is 49.5 Å². The molecule has 3 N–H and O–H groups in total. The van der Waals surface area contributed by atoms with Crippen LogP contribution in [0, 0.1) is 0 Å². The van der Waals surface area contributed by atoms with Gasteiger partial charge in [0, 0.05) is 0 Å². The number of rotatable bonds is 4. The molecule has 0 heterocycles. The molecule has 0 radical (unpaired) electrons. The van der Waals surface area contributed by atoms with Crippen molar-refractivity contribution in [3.8, 4) is 0 Å². The molecule has 0 aliphatic rings. The van der Waals surface area contributed by atoms with Gasteiger partial charge in [-0.1, -0.05) is 8.67 Å². The lowest BCUT2D eigenvalue weighted by Gasteiger charge is -1.92. The van der Waals surface area contributed by atoms with Gasteiger partial charge in [-0.25, -0.2) is 5.26 Å². The van der Waals surface area contributed by atoms with Crippen LogP contribution in [0.2, 0.25) is 0 Å². The van der Waals surface area contributed by atoms with Crippen molar-refractivity contribution in [2.45, 2.75) is 0 Å². The van der Waals surface area contributed by atoms with E-state index < -0.39 is 20.8 Å². The van der Waals surface area contributed by atoms with E-state index in [0.717, 1.165) is 0 Å². The summed E-state index contributed by atoms with van der Waals surface area (Å²) in [5.74, 6) is 0. The van der Waals surface area contributed by atoms with Crippen LogP contribution in [0.25, 0.3) is 0 Å². The highest BCUT2D eigenvalue weighted by atomic mass is 32.3. The minimum Gasteiger partial charge on any atom is -0.304 e. The molecule has 0 saturated carbocycles. The van der Waals surface area contributed by atoms with Crippen LogP contribution in [0.4, 0.5) is 0 Å². The first-order valence-electron chi connectivity index (χ1n) is 2.19. The molecule has 0 bridgehead atoms. The first-order chi connectivity index (χ1) is 6.12. The second-order valence-electron chi connectivity index (χ2n) is 1.19. The van der Waals surface area contributed by atoms with Crippen molar-refractivity contribution in [3.63, 3.8) is 0 Å². The highest BCUT2D eigenvalue weighted by Gasteiger charge is 2.13. The average molecular weight is 256 g/mol. The monoisotopic (exact) mass is 256 g/mol. The molecule has 0 unspecified atom stereocenters. The van der Waals surface area contributed by atoms with Crippen molar-refractivity contribution >= 4 is 27.3 Å². The van der Waals surface area contributed by atoms with Crippen LogP contribution in [0.15, 0.2) is 0 Å². The zero-order valence-electron chi connectivity index (χ0n) is 6.00. The summed E-state index contributed by atoms with van der Waals surface area (Å²) in [6.07, 6.45) is 0. The van der Waals surface area contributed by atoms with Gasteiger partial charge in [-0.3, -0.25) is 13.9 Å². The molecule has 13 heteroatoms. The van der Waals surface area contributed by atoms with Crippen molar-refractivity contribution in [2.24, 2.45) is 0 Å².